The maximum Gasteiger partial charge on any atom is 0.239 e. The van der Waals surface area contributed by atoms with Crippen molar-refractivity contribution in [2.45, 2.75) is 65.0 Å². The zero-order valence-corrected chi connectivity index (χ0v) is 20.4. The van der Waals surface area contributed by atoms with Crippen LogP contribution in [0.1, 0.15) is 53.4 Å². The minimum absolute atomic E-state index is 0. The van der Waals surface area contributed by atoms with Crippen molar-refractivity contribution in [2.75, 3.05) is 52.4 Å². The van der Waals surface area contributed by atoms with Gasteiger partial charge in [-0.3, -0.25) is 14.7 Å². The van der Waals surface area contributed by atoms with Crippen molar-refractivity contribution in [1.29, 1.82) is 0 Å². The molecule has 8 heteroatoms. The van der Waals surface area contributed by atoms with E-state index in [2.05, 4.69) is 22.0 Å². The van der Waals surface area contributed by atoms with Crippen molar-refractivity contribution in [3.8, 4) is 0 Å². The molecule has 2 fully saturated rings. The largest absolute Gasteiger partial charge is 0.388 e. The van der Waals surface area contributed by atoms with E-state index in [-0.39, 0.29) is 35.9 Å². The van der Waals surface area contributed by atoms with Gasteiger partial charge in [0.1, 0.15) is 0 Å². The molecule has 28 heavy (non-hydrogen) atoms. The predicted octanol–water partition coefficient (Wildman–Crippen LogP) is 1.75. The van der Waals surface area contributed by atoms with Crippen LogP contribution in [0.4, 0.5) is 0 Å². The Hall–Kier alpha value is -0.610. The molecule has 2 heterocycles. The van der Waals surface area contributed by atoms with E-state index in [0.29, 0.717) is 19.4 Å². The van der Waals surface area contributed by atoms with E-state index in [1.54, 1.807) is 0 Å². The van der Waals surface area contributed by atoms with Gasteiger partial charge >= 0.3 is 0 Å². The Bertz CT molecular complexity index is 499. The fourth-order valence-electron chi connectivity index (χ4n) is 3.80. The minimum Gasteiger partial charge on any atom is -0.388 e. The molecule has 2 N–H and O–H groups in total. The second-order valence-corrected chi connectivity index (χ2v) is 7.83. The molecule has 0 saturated carbocycles. The Labute approximate surface area is 187 Å². The number of hydrogen-bond acceptors (Lipinski definition) is 4. The fourth-order valence-corrected chi connectivity index (χ4v) is 3.80. The summed E-state index contributed by atoms with van der Waals surface area (Å²) < 4.78 is 0. The van der Waals surface area contributed by atoms with Crippen LogP contribution < -0.4 is 5.32 Å². The van der Waals surface area contributed by atoms with E-state index in [9.17, 15) is 9.90 Å². The molecule has 2 rings (SSSR count). The van der Waals surface area contributed by atoms with Gasteiger partial charge in [0.2, 0.25) is 5.91 Å². The maximum atomic E-state index is 12.6. The van der Waals surface area contributed by atoms with Crippen LogP contribution in [0.25, 0.3) is 0 Å². The van der Waals surface area contributed by atoms with Crippen LogP contribution >= 0.6 is 24.0 Å². The van der Waals surface area contributed by atoms with Gasteiger partial charge in [0.15, 0.2) is 5.96 Å². The number of aliphatic hydroxyl groups is 1. The molecule has 164 valence electrons. The number of carbonyl (C=O) groups is 1. The number of nitrogens with zero attached hydrogens (tertiary/aromatic N) is 4. The monoisotopic (exact) mass is 509 g/mol. The third kappa shape index (κ3) is 6.73. The highest BCUT2D eigenvalue weighted by Gasteiger charge is 2.31. The Morgan fingerprint density at radius 1 is 1.04 bits per heavy atom. The highest BCUT2D eigenvalue weighted by molar-refractivity contribution is 14.0. The number of halogens is 1. The lowest BCUT2D eigenvalue weighted by atomic mass is 9.98. The summed E-state index contributed by atoms with van der Waals surface area (Å²) in [6.45, 7) is 14.6. The first-order chi connectivity index (χ1) is 12.9. The first-order valence-electron chi connectivity index (χ1n) is 10.7. The van der Waals surface area contributed by atoms with E-state index in [1.165, 1.54) is 0 Å². The Morgan fingerprint density at radius 2 is 1.61 bits per heavy atom. The quantitative estimate of drug-likeness (QED) is 0.311. The molecule has 2 aliphatic heterocycles. The maximum absolute atomic E-state index is 12.6. The number of aliphatic imine (C=N–C) groups is 1. The summed E-state index contributed by atoms with van der Waals surface area (Å²) in [4.78, 5) is 23.9. The lowest BCUT2D eigenvalue weighted by molar-refractivity contribution is -0.135. The number of likely N-dealkylation sites (tertiary alicyclic amines) is 1. The van der Waals surface area contributed by atoms with Gasteiger partial charge in [-0.1, -0.05) is 13.8 Å². The van der Waals surface area contributed by atoms with Crippen LogP contribution in [-0.2, 0) is 4.79 Å². The Morgan fingerprint density at radius 3 is 2.11 bits per heavy atom. The van der Waals surface area contributed by atoms with E-state index >= 15 is 0 Å². The van der Waals surface area contributed by atoms with Crippen molar-refractivity contribution < 1.29 is 9.90 Å². The van der Waals surface area contributed by atoms with Crippen LogP contribution in [0.5, 0.6) is 0 Å². The van der Waals surface area contributed by atoms with Crippen LogP contribution in [-0.4, -0.2) is 95.7 Å². The van der Waals surface area contributed by atoms with Gasteiger partial charge in [-0.05, 0) is 39.5 Å². The van der Waals surface area contributed by atoms with Crippen LogP contribution in [0, 0.1) is 0 Å². The number of carbonyl (C=O) groups excluding carboxylic acids is 1. The standard InChI is InChI=1S/C20H39N5O2.HI/c1-5-20(27,6-2)16-22-19(21-7-3)25-14-12-23(13-15-25)17(4)18(26)24-10-8-9-11-24;/h17,27H,5-16H2,1-4H3,(H,21,22);1H. The molecule has 7 nitrogen and oxygen atoms in total. The van der Waals surface area contributed by atoms with Crippen molar-refractivity contribution in [3.63, 3.8) is 0 Å². The smallest absolute Gasteiger partial charge is 0.239 e. The number of rotatable bonds is 7. The number of hydrogen-bond donors (Lipinski definition) is 2. The highest BCUT2D eigenvalue weighted by Crippen LogP contribution is 2.16. The molecule has 0 aromatic rings. The van der Waals surface area contributed by atoms with Gasteiger partial charge in [0.05, 0.1) is 18.2 Å². The summed E-state index contributed by atoms with van der Waals surface area (Å²) in [5, 5.41) is 13.9. The summed E-state index contributed by atoms with van der Waals surface area (Å²) in [5.74, 6) is 1.15. The van der Waals surface area contributed by atoms with Gasteiger partial charge in [0.25, 0.3) is 0 Å². The van der Waals surface area contributed by atoms with E-state index < -0.39 is 5.60 Å². The third-order valence-corrected chi connectivity index (χ3v) is 6.11. The first kappa shape index (κ1) is 25.4. The zero-order valence-electron chi connectivity index (χ0n) is 18.1. The summed E-state index contributed by atoms with van der Waals surface area (Å²) in [6.07, 6.45) is 3.68. The normalized spacial score (nSPS) is 20.1. The van der Waals surface area contributed by atoms with Gasteiger partial charge < -0.3 is 20.2 Å². The molecule has 0 aliphatic carbocycles. The van der Waals surface area contributed by atoms with E-state index in [0.717, 1.165) is 64.6 Å². The van der Waals surface area contributed by atoms with Crippen molar-refractivity contribution in [1.82, 2.24) is 20.0 Å². The SMILES string of the molecule is CCNC(=NCC(O)(CC)CC)N1CCN(C(C)C(=O)N2CCCC2)CC1.I. The Balaban J connectivity index is 0.00000392. The van der Waals surface area contributed by atoms with Crippen LogP contribution in [0.3, 0.4) is 0 Å². The molecule has 2 aliphatic rings. The molecule has 2 saturated heterocycles. The van der Waals surface area contributed by atoms with E-state index in [1.807, 2.05) is 25.7 Å². The second-order valence-electron chi connectivity index (χ2n) is 7.83. The Kier molecular flexibility index (Phi) is 11.1. The number of amides is 1. The number of guanidine groups is 1. The average Bonchev–Trinajstić information content (AvgIpc) is 3.24. The molecule has 1 atom stereocenters. The predicted molar refractivity (Wildman–Crippen MR) is 125 cm³/mol. The van der Waals surface area contributed by atoms with E-state index in [4.69, 9.17) is 4.99 Å². The number of piperazine rings is 1. The molecule has 0 radical (unpaired) electrons. The fraction of sp³-hybridized carbons (Fsp3) is 0.900. The summed E-state index contributed by atoms with van der Waals surface area (Å²) in [6, 6.07) is -0.0463. The molecule has 1 unspecified atom stereocenters. The molecular weight excluding hydrogens is 469 g/mol. The summed E-state index contributed by atoms with van der Waals surface area (Å²) >= 11 is 0. The lowest BCUT2D eigenvalue weighted by Gasteiger charge is -2.39. The minimum atomic E-state index is -0.723. The molecule has 1 amide bonds. The lowest BCUT2D eigenvalue weighted by Crippen LogP contribution is -2.57. The average molecular weight is 509 g/mol. The molecular formula is C20H40IN5O2. The number of nitrogens with one attached hydrogen (secondary N) is 1. The van der Waals surface area contributed by atoms with Gasteiger partial charge in [-0.15, -0.1) is 24.0 Å². The summed E-state index contributed by atoms with van der Waals surface area (Å²) in [5.41, 5.74) is -0.723. The molecule has 0 spiro atoms. The van der Waals surface area contributed by atoms with Gasteiger partial charge in [-0.2, -0.15) is 0 Å². The van der Waals surface area contributed by atoms with Crippen LogP contribution in [0.2, 0.25) is 0 Å². The third-order valence-electron chi connectivity index (χ3n) is 6.11. The van der Waals surface area contributed by atoms with Crippen LogP contribution in [0.15, 0.2) is 4.99 Å². The van der Waals surface area contributed by atoms with Gasteiger partial charge in [0, 0.05) is 45.8 Å². The zero-order chi connectivity index (χ0) is 19.9. The van der Waals surface area contributed by atoms with Crippen molar-refractivity contribution >= 4 is 35.8 Å². The first-order valence-corrected chi connectivity index (χ1v) is 10.7. The molecule has 0 aromatic carbocycles. The molecule has 0 aromatic heterocycles. The van der Waals surface area contributed by atoms with Crippen molar-refractivity contribution in [2.24, 2.45) is 4.99 Å². The topological polar surface area (TPSA) is 71.4 Å². The van der Waals surface area contributed by atoms with Crippen molar-refractivity contribution in [3.05, 3.63) is 0 Å². The van der Waals surface area contributed by atoms with Gasteiger partial charge in [-0.25, -0.2) is 0 Å². The molecule has 0 bridgehead atoms. The summed E-state index contributed by atoms with van der Waals surface area (Å²) in [7, 11) is 0. The highest BCUT2D eigenvalue weighted by atomic mass is 127. The second kappa shape index (κ2) is 12.2.